The summed E-state index contributed by atoms with van der Waals surface area (Å²) in [5, 5.41) is 0. The first-order valence-electron chi connectivity index (χ1n) is 8.14. The van der Waals surface area contributed by atoms with Crippen molar-refractivity contribution in [1.29, 1.82) is 0 Å². The van der Waals surface area contributed by atoms with Gasteiger partial charge in [0.05, 0.1) is 19.1 Å². The molecule has 1 saturated heterocycles. The molecular formula is C18H19FN2O5S. The lowest BCUT2D eigenvalue weighted by molar-refractivity contribution is -0.117. The summed E-state index contributed by atoms with van der Waals surface area (Å²) in [6, 6.07) is 8.96. The zero-order valence-corrected chi connectivity index (χ0v) is 15.6. The van der Waals surface area contributed by atoms with Crippen LogP contribution in [-0.4, -0.2) is 41.1 Å². The Kier molecular flexibility index (Phi) is 5.33. The van der Waals surface area contributed by atoms with E-state index in [4.69, 9.17) is 9.47 Å². The highest BCUT2D eigenvalue weighted by Gasteiger charge is 2.34. The quantitative estimate of drug-likeness (QED) is 0.809. The molecule has 7 nitrogen and oxygen atoms in total. The van der Waals surface area contributed by atoms with Crippen molar-refractivity contribution in [3.63, 3.8) is 0 Å². The zero-order valence-electron chi connectivity index (χ0n) is 14.8. The molecule has 1 amide bonds. The molecule has 1 aliphatic heterocycles. The smallest absolute Gasteiger partial charge is 0.240 e. The van der Waals surface area contributed by atoms with Gasteiger partial charge >= 0.3 is 0 Å². The van der Waals surface area contributed by atoms with Crippen LogP contribution in [0.2, 0.25) is 0 Å². The molecule has 1 aliphatic rings. The SMILES string of the molecule is COc1ccc(N2CC(NS(=O)(=O)c3ccc(F)cc3)CC2=O)cc1OC. The first-order valence-corrected chi connectivity index (χ1v) is 9.62. The lowest BCUT2D eigenvalue weighted by Crippen LogP contribution is -2.37. The summed E-state index contributed by atoms with van der Waals surface area (Å²) >= 11 is 0. The first-order chi connectivity index (χ1) is 12.8. The van der Waals surface area contributed by atoms with Gasteiger partial charge in [0, 0.05) is 30.8 Å². The third-order valence-electron chi connectivity index (χ3n) is 4.25. The van der Waals surface area contributed by atoms with E-state index in [1.54, 1.807) is 18.2 Å². The maximum absolute atomic E-state index is 13.0. The standard InChI is InChI=1S/C18H19FN2O5S/c1-25-16-8-5-14(10-17(16)26-2)21-11-13(9-18(21)22)20-27(23,24)15-6-3-12(19)4-7-15/h3-8,10,13,20H,9,11H2,1-2H3. The van der Waals surface area contributed by atoms with Gasteiger partial charge in [-0.15, -0.1) is 0 Å². The van der Waals surface area contributed by atoms with Crippen LogP contribution in [0.5, 0.6) is 11.5 Å². The van der Waals surface area contributed by atoms with Gasteiger partial charge in [0.2, 0.25) is 15.9 Å². The first kappa shape index (κ1) is 19.1. The molecule has 0 spiro atoms. The Labute approximate surface area is 156 Å². The number of halogens is 1. The molecule has 9 heteroatoms. The second-order valence-electron chi connectivity index (χ2n) is 6.02. The number of carbonyl (C=O) groups is 1. The van der Waals surface area contributed by atoms with E-state index in [1.807, 2.05) is 0 Å². The number of hydrogen-bond acceptors (Lipinski definition) is 5. The average molecular weight is 394 g/mol. The number of methoxy groups -OCH3 is 2. The van der Waals surface area contributed by atoms with E-state index in [0.717, 1.165) is 12.1 Å². The molecule has 0 bridgehead atoms. The third kappa shape index (κ3) is 4.04. The summed E-state index contributed by atoms with van der Waals surface area (Å²) < 4.78 is 50.8. The summed E-state index contributed by atoms with van der Waals surface area (Å²) in [6.07, 6.45) is 0.0226. The van der Waals surface area contributed by atoms with Crippen LogP contribution in [0.4, 0.5) is 10.1 Å². The van der Waals surface area contributed by atoms with E-state index in [1.165, 1.54) is 31.3 Å². The molecule has 1 fully saturated rings. The summed E-state index contributed by atoms with van der Waals surface area (Å²) in [5.41, 5.74) is 0.584. The highest BCUT2D eigenvalue weighted by molar-refractivity contribution is 7.89. The number of nitrogens with zero attached hydrogens (tertiary/aromatic N) is 1. The van der Waals surface area contributed by atoms with Crippen molar-refractivity contribution in [3.8, 4) is 11.5 Å². The van der Waals surface area contributed by atoms with Gasteiger partial charge in [0.15, 0.2) is 11.5 Å². The lowest BCUT2D eigenvalue weighted by atomic mass is 10.2. The predicted molar refractivity (Wildman–Crippen MR) is 97.0 cm³/mol. The molecular weight excluding hydrogens is 375 g/mol. The van der Waals surface area contributed by atoms with Crippen molar-refractivity contribution in [2.24, 2.45) is 0 Å². The number of nitrogens with one attached hydrogen (secondary N) is 1. The molecule has 27 heavy (non-hydrogen) atoms. The molecule has 2 aromatic carbocycles. The van der Waals surface area contributed by atoms with E-state index < -0.39 is 21.9 Å². The van der Waals surface area contributed by atoms with Gasteiger partial charge in [-0.25, -0.2) is 17.5 Å². The fourth-order valence-electron chi connectivity index (χ4n) is 2.93. The topological polar surface area (TPSA) is 84.9 Å². The Balaban J connectivity index is 1.76. The predicted octanol–water partition coefficient (Wildman–Crippen LogP) is 1.93. The number of benzene rings is 2. The normalized spacial score (nSPS) is 17.2. The van der Waals surface area contributed by atoms with Crippen LogP contribution >= 0.6 is 0 Å². The van der Waals surface area contributed by atoms with Gasteiger partial charge in [0.1, 0.15) is 5.82 Å². The van der Waals surface area contributed by atoms with Crippen LogP contribution in [0.3, 0.4) is 0 Å². The van der Waals surface area contributed by atoms with Crippen molar-refractivity contribution >= 4 is 21.6 Å². The van der Waals surface area contributed by atoms with E-state index in [0.29, 0.717) is 17.2 Å². The minimum atomic E-state index is -3.85. The summed E-state index contributed by atoms with van der Waals surface area (Å²) in [4.78, 5) is 13.8. The molecule has 0 saturated carbocycles. The Hall–Kier alpha value is -2.65. The van der Waals surface area contributed by atoms with Crippen LogP contribution in [0, 0.1) is 5.82 Å². The summed E-state index contributed by atoms with van der Waals surface area (Å²) in [5.74, 6) is 0.262. The van der Waals surface area contributed by atoms with Gasteiger partial charge in [-0.3, -0.25) is 4.79 Å². The Morgan fingerprint density at radius 1 is 1.07 bits per heavy atom. The summed E-state index contributed by atoms with van der Waals surface area (Å²) in [7, 11) is -0.847. The largest absolute Gasteiger partial charge is 0.493 e. The van der Waals surface area contributed by atoms with Crippen molar-refractivity contribution < 1.29 is 27.1 Å². The maximum atomic E-state index is 13.0. The minimum Gasteiger partial charge on any atom is -0.493 e. The van der Waals surface area contributed by atoms with Crippen LogP contribution in [-0.2, 0) is 14.8 Å². The van der Waals surface area contributed by atoms with Gasteiger partial charge in [-0.2, -0.15) is 0 Å². The average Bonchev–Trinajstić information content (AvgIpc) is 3.00. The fourth-order valence-corrected chi connectivity index (χ4v) is 4.16. The number of ether oxygens (including phenoxy) is 2. The molecule has 1 atom stereocenters. The fraction of sp³-hybridized carbons (Fsp3) is 0.278. The molecule has 3 rings (SSSR count). The Bertz CT molecular complexity index is 947. The third-order valence-corrected chi connectivity index (χ3v) is 5.79. The molecule has 0 aliphatic carbocycles. The number of rotatable bonds is 6. The van der Waals surface area contributed by atoms with Gasteiger partial charge < -0.3 is 14.4 Å². The highest BCUT2D eigenvalue weighted by atomic mass is 32.2. The van der Waals surface area contributed by atoms with Crippen molar-refractivity contribution in [1.82, 2.24) is 4.72 Å². The molecule has 144 valence electrons. The van der Waals surface area contributed by atoms with Gasteiger partial charge in [0.25, 0.3) is 0 Å². The highest BCUT2D eigenvalue weighted by Crippen LogP contribution is 2.33. The monoisotopic (exact) mass is 394 g/mol. The second kappa shape index (κ2) is 7.53. The molecule has 2 aromatic rings. The van der Waals surface area contributed by atoms with E-state index in [-0.39, 0.29) is 23.8 Å². The molecule has 1 unspecified atom stereocenters. The van der Waals surface area contributed by atoms with E-state index in [9.17, 15) is 17.6 Å². The molecule has 0 aromatic heterocycles. The summed E-state index contributed by atoms with van der Waals surface area (Å²) in [6.45, 7) is 0.175. The molecule has 1 heterocycles. The maximum Gasteiger partial charge on any atom is 0.240 e. The second-order valence-corrected chi connectivity index (χ2v) is 7.73. The number of amides is 1. The number of anilines is 1. The lowest BCUT2D eigenvalue weighted by Gasteiger charge is -2.19. The molecule has 1 N–H and O–H groups in total. The van der Waals surface area contributed by atoms with Crippen LogP contribution in [0.25, 0.3) is 0 Å². The Morgan fingerprint density at radius 2 is 1.74 bits per heavy atom. The van der Waals surface area contributed by atoms with Gasteiger partial charge in [-0.05, 0) is 36.4 Å². The number of carbonyl (C=O) groups excluding carboxylic acids is 1. The van der Waals surface area contributed by atoms with Crippen molar-refractivity contribution in [3.05, 3.63) is 48.3 Å². The van der Waals surface area contributed by atoms with Crippen LogP contribution in [0.1, 0.15) is 6.42 Å². The number of sulfonamides is 1. The number of hydrogen-bond donors (Lipinski definition) is 1. The Morgan fingerprint density at radius 3 is 2.37 bits per heavy atom. The zero-order chi connectivity index (χ0) is 19.6. The van der Waals surface area contributed by atoms with Crippen LogP contribution in [0.15, 0.2) is 47.4 Å². The van der Waals surface area contributed by atoms with Crippen molar-refractivity contribution in [2.75, 3.05) is 25.7 Å². The van der Waals surface area contributed by atoms with Gasteiger partial charge in [-0.1, -0.05) is 0 Å². The molecule has 0 radical (unpaired) electrons. The minimum absolute atomic E-state index is 0.0226. The van der Waals surface area contributed by atoms with E-state index in [2.05, 4.69) is 4.72 Å². The van der Waals surface area contributed by atoms with E-state index >= 15 is 0 Å². The van der Waals surface area contributed by atoms with Crippen molar-refractivity contribution in [2.45, 2.75) is 17.4 Å². The van der Waals surface area contributed by atoms with Crippen LogP contribution < -0.4 is 19.1 Å².